The average molecular weight is 263 g/mol. The SMILES string of the molecule is CNc1ccc(C(=O)NCCOC2CCCC2)nc1. The van der Waals surface area contributed by atoms with Gasteiger partial charge in [0.05, 0.1) is 24.6 Å². The van der Waals surface area contributed by atoms with E-state index >= 15 is 0 Å². The normalized spacial score (nSPS) is 15.4. The van der Waals surface area contributed by atoms with Crippen molar-refractivity contribution in [3.05, 3.63) is 24.0 Å². The Bertz CT molecular complexity index is 400. The van der Waals surface area contributed by atoms with E-state index in [1.54, 1.807) is 12.3 Å². The minimum Gasteiger partial charge on any atom is -0.387 e. The number of rotatable bonds is 6. The highest BCUT2D eigenvalue weighted by Crippen LogP contribution is 2.20. The summed E-state index contributed by atoms with van der Waals surface area (Å²) in [5, 5.41) is 5.78. The van der Waals surface area contributed by atoms with Crippen LogP contribution < -0.4 is 10.6 Å². The van der Waals surface area contributed by atoms with E-state index in [9.17, 15) is 4.79 Å². The number of pyridine rings is 1. The highest BCUT2D eigenvalue weighted by molar-refractivity contribution is 5.92. The second-order valence-electron chi connectivity index (χ2n) is 4.72. The van der Waals surface area contributed by atoms with Gasteiger partial charge in [-0.25, -0.2) is 4.98 Å². The number of hydrogen-bond acceptors (Lipinski definition) is 4. The van der Waals surface area contributed by atoms with Gasteiger partial charge in [-0.3, -0.25) is 4.79 Å². The van der Waals surface area contributed by atoms with E-state index in [2.05, 4.69) is 15.6 Å². The van der Waals surface area contributed by atoms with E-state index in [0.29, 0.717) is 24.9 Å². The van der Waals surface area contributed by atoms with Crippen LogP contribution in [0, 0.1) is 0 Å². The van der Waals surface area contributed by atoms with Crippen LogP contribution in [0.3, 0.4) is 0 Å². The number of amides is 1. The first-order chi connectivity index (χ1) is 9.29. The Balaban J connectivity index is 1.68. The van der Waals surface area contributed by atoms with Crippen LogP contribution in [0.15, 0.2) is 18.3 Å². The molecule has 104 valence electrons. The summed E-state index contributed by atoms with van der Waals surface area (Å²) in [6.07, 6.45) is 6.87. The highest BCUT2D eigenvalue weighted by Gasteiger charge is 2.15. The van der Waals surface area contributed by atoms with Gasteiger partial charge in [-0.2, -0.15) is 0 Å². The summed E-state index contributed by atoms with van der Waals surface area (Å²) in [6.45, 7) is 1.11. The highest BCUT2D eigenvalue weighted by atomic mass is 16.5. The molecule has 5 heteroatoms. The van der Waals surface area contributed by atoms with Crippen molar-refractivity contribution in [3.8, 4) is 0 Å². The van der Waals surface area contributed by atoms with Crippen LogP contribution in [-0.4, -0.2) is 37.2 Å². The van der Waals surface area contributed by atoms with Crippen LogP contribution in [0.1, 0.15) is 36.2 Å². The fourth-order valence-corrected chi connectivity index (χ4v) is 2.21. The molecule has 1 aromatic heterocycles. The minimum absolute atomic E-state index is 0.155. The van der Waals surface area contributed by atoms with Crippen molar-refractivity contribution in [1.82, 2.24) is 10.3 Å². The Labute approximate surface area is 113 Å². The Kier molecular flexibility index (Phi) is 5.15. The minimum atomic E-state index is -0.155. The van der Waals surface area contributed by atoms with Gasteiger partial charge in [0.15, 0.2) is 0 Å². The first-order valence-corrected chi connectivity index (χ1v) is 6.83. The molecule has 0 aliphatic heterocycles. The molecule has 19 heavy (non-hydrogen) atoms. The average Bonchev–Trinajstić information content (AvgIpc) is 2.96. The smallest absolute Gasteiger partial charge is 0.269 e. The number of ether oxygens (including phenoxy) is 1. The van der Waals surface area contributed by atoms with Crippen LogP contribution in [0.2, 0.25) is 0 Å². The number of nitrogens with zero attached hydrogens (tertiary/aromatic N) is 1. The number of hydrogen-bond donors (Lipinski definition) is 2. The monoisotopic (exact) mass is 263 g/mol. The van der Waals surface area contributed by atoms with E-state index < -0.39 is 0 Å². The van der Waals surface area contributed by atoms with Crippen molar-refractivity contribution in [3.63, 3.8) is 0 Å². The van der Waals surface area contributed by atoms with Crippen LogP contribution in [0.5, 0.6) is 0 Å². The van der Waals surface area contributed by atoms with Gasteiger partial charge in [-0.15, -0.1) is 0 Å². The van der Waals surface area contributed by atoms with Gasteiger partial charge in [0.2, 0.25) is 0 Å². The Hall–Kier alpha value is -1.62. The third-order valence-electron chi connectivity index (χ3n) is 3.33. The van der Waals surface area contributed by atoms with Crippen LogP contribution >= 0.6 is 0 Å². The lowest BCUT2D eigenvalue weighted by atomic mass is 10.3. The van der Waals surface area contributed by atoms with Gasteiger partial charge in [-0.1, -0.05) is 12.8 Å². The maximum Gasteiger partial charge on any atom is 0.269 e. The summed E-state index contributed by atoms with van der Waals surface area (Å²) in [5.74, 6) is -0.155. The van der Waals surface area contributed by atoms with Crippen LogP contribution in [0.4, 0.5) is 5.69 Å². The Morgan fingerprint density at radius 3 is 2.84 bits per heavy atom. The van der Waals surface area contributed by atoms with Gasteiger partial charge in [0.25, 0.3) is 5.91 Å². The quantitative estimate of drug-likeness (QED) is 0.768. The zero-order chi connectivity index (χ0) is 13.5. The number of carbonyl (C=O) groups is 1. The molecule has 1 saturated carbocycles. The lowest BCUT2D eigenvalue weighted by Crippen LogP contribution is -2.29. The summed E-state index contributed by atoms with van der Waals surface area (Å²) in [7, 11) is 1.82. The lowest BCUT2D eigenvalue weighted by molar-refractivity contribution is 0.0581. The lowest BCUT2D eigenvalue weighted by Gasteiger charge is -2.11. The van der Waals surface area contributed by atoms with Crippen molar-refractivity contribution < 1.29 is 9.53 Å². The molecule has 0 spiro atoms. The molecular weight excluding hydrogens is 242 g/mol. The molecule has 5 nitrogen and oxygen atoms in total. The van der Waals surface area contributed by atoms with E-state index in [1.165, 1.54) is 12.8 Å². The standard InChI is InChI=1S/C14H21N3O2/c1-15-11-6-7-13(17-10-11)14(18)16-8-9-19-12-4-2-3-5-12/h6-7,10,12,15H,2-5,8-9H2,1H3,(H,16,18). The van der Waals surface area contributed by atoms with Gasteiger partial charge in [-0.05, 0) is 25.0 Å². The molecule has 2 rings (SSSR count). The second kappa shape index (κ2) is 7.09. The molecule has 1 fully saturated rings. The van der Waals surface area contributed by atoms with Crippen molar-refractivity contribution in [2.75, 3.05) is 25.5 Å². The summed E-state index contributed by atoms with van der Waals surface area (Å²) in [6, 6.07) is 3.54. The molecule has 1 aliphatic rings. The third-order valence-corrected chi connectivity index (χ3v) is 3.33. The molecular formula is C14H21N3O2. The van der Waals surface area contributed by atoms with Crippen molar-refractivity contribution in [2.45, 2.75) is 31.8 Å². The van der Waals surface area contributed by atoms with Crippen molar-refractivity contribution in [1.29, 1.82) is 0 Å². The van der Waals surface area contributed by atoms with E-state index in [4.69, 9.17) is 4.74 Å². The zero-order valence-corrected chi connectivity index (χ0v) is 11.3. The largest absolute Gasteiger partial charge is 0.387 e. The van der Waals surface area contributed by atoms with Gasteiger partial charge < -0.3 is 15.4 Å². The predicted molar refractivity (Wildman–Crippen MR) is 74.3 cm³/mol. The zero-order valence-electron chi connectivity index (χ0n) is 11.3. The van der Waals surface area contributed by atoms with E-state index in [-0.39, 0.29) is 5.91 Å². The summed E-state index contributed by atoms with van der Waals surface area (Å²) in [4.78, 5) is 15.9. The number of carbonyl (C=O) groups excluding carboxylic acids is 1. The Morgan fingerprint density at radius 1 is 1.42 bits per heavy atom. The molecule has 1 heterocycles. The number of nitrogens with one attached hydrogen (secondary N) is 2. The van der Waals surface area contributed by atoms with Gasteiger partial charge in [0, 0.05) is 13.6 Å². The molecule has 1 aliphatic carbocycles. The molecule has 1 amide bonds. The predicted octanol–water partition coefficient (Wildman–Crippen LogP) is 1.81. The molecule has 0 radical (unpaired) electrons. The molecule has 0 unspecified atom stereocenters. The summed E-state index contributed by atoms with van der Waals surface area (Å²) >= 11 is 0. The van der Waals surface area contributed by atoms with Crippen molar-refractivity contribution in [2.24, 2.45) is 0 Å². The second-order valence-corrected chi connectivity index (χ2v) is 4.72. The molecule has 0 atom stereocenters. The van der Waals surface area contributed by atoms with E-state index in [0.717, 1.165) is 18.5 Å². The number of aromatic nitrogens is 1. The van der Waals surface area contributed by atoms with Crippen molar-refractivity contribution >= 4 is 11.6 Å². The Morgan fingerprint density at radius 2 is 2.21 bits per heavy atom. The fraction of sp³-hybridized carbons (Fsp3) is 0.571. The summed E-state index contributed by atoms with van der Waals surface area (Å²) < 4.78 is 5.68. The van der Waals surface area contributed by atoms with E-state index in [1.807, 2.05) is 13.1 Å². The molecule has 0 aromatic carbocycles. The number of anilines is 1. The fourth-order valence-electron chi connectivity index (χ4n) is 2.21. The van der Waals surface area contributed by atoms with Gasteiger partial charge >= 0.3 is 0 Å². The van der Waals surface area contributed by atoms with Crippen LogP contribution in [-0.2, 0) is 4.74 Å². The molecule has 0 saturated heterocycles. The molecule has 1 aromatic rings. The maximum absolute atomic E-state index is 11.8. The first-order valence-electron chi connectivity index (χ1n) is 6.83. The summed E-state index contributed by atoms with van der Waals surface area (Å²) in [5.41, 5.74) is 1.32. The molecule has 0 bridgehead atoms. The van der Waals surface area contributed by atoms with Crippen LogP contribution in [0.25, 0.3) is 0 Å². The topological polar surface area (TPSA) is 63.2 Å². The maximum atomic E-state index is 11.8. The first kappa shape index (κ1) is 13.8. The molecule has 2 N–H and O–H groups in total. The van der Waals surface area contributed by atoms with Gasteiger partial charge in [0.1, 0.15) is 5.69 Å². The third kappa shape index (κ3) is 4.21.